The first kappa shape index (κ1) is 15.0. The molecule has 6 heteroatoms. The van der Waals surface area contributed by atoms with Crippen molar-refractivity contribution in [1.29, 1.82) is 0 Å². The summed E-state index contributed by atoms with van der Waals surface area (Å²) >= 11 is 1.51. The minimum Gasteiger partial charge on any atom is -0.393 e. The fourth-order valence-corrected chi connectivity index (χ4v) is 5.20. The highest BCUT2D eigenvalue weighted by molar-refractivity contribution is 7.89. The van der Waals surface area contributed by atoms with Crippen molar-refractivity contribution >= 4 is 21.4 Å². The van der Waals surface area contributed by atoms with E-state index < -0.39 is 10.0 Å². The van der Waals surface area contributed by atoms with Crippen LogP contribution in [0.2, 0.25) is 0 Å². The second-order valence-corrected chi connectivity index (χ2v) is 8.50. The van der Waals surface area contributed by atoms with E-state index in [-0.39, 0.29) is 6.10 Å². The monoisotopic (exact) mass is 303 g/mol. The first-order chi connectivity index (χ1) is 8.88. The number of aliphatic hydroxyl groups is 1. The van der Waals surface area contributed by atoms with Gasteiger partial charge in [-0.1, -0.05) is 0 Å². The molecule has 2 rings (SSSR count). The fraction of sp³-hybridized carbons (Fsp3) is 0.692. The SMILES string of the molecule is Cc1cc(S(=O)(=O)NCC2CCC(O)CC2)c(C)s1. The lowest BCUT2D eigenvalue weighted by Gasteiger charge is -2.25. The molecule has 0 unspecified atom stereocenters. The van der Waals surface area contributed by atoms with Crippen LogP contribution in [0.1, 0.15) is 35.4 Å². The van der Waals surface area contributed by atoms with E-state index in [9.17, 15) is 13.5 Å². The number of hydrogen-bond acceptors (Lipinski definition) is 4. The zero-order valence-corrected chi connectivity index (χ0v) is 13.0. The number of nitrogens with one attached hydrogen (secondary N) is 1. The van der Waals surface area contributed by atoms with E-state index >= 15 is 0 Å². The third-order valence-electron chi connectivity index (χ3n) is 3.66. The normalized spacial score (nSPS) is 24.6. The Morgan fingerprint density at radius 3 is 2.47 bits per heavy atom. The predicted octanol–water partition coefficient (Wildman–Crippen LogP) is 2.19. The minimum absolute atomic E-state index is 0.199. The average Bonchev–Trinajstić information content (AvgIpc) is 2.69. The van der Waals surface area contributed by atoms with E-state index in [2.05, 4.69) is 4.72 Å². The molecule has 1 heterocycles. The Balaban J connectivity index is 1.96. The zero-order chi connectivity index (χ0) is 14.0. The Bertz CT molecular complexity index is 528. The molecule has 2 N–H and O–H groups in total. The van der Waals surface area contributed by atoms with Crippen molar-refractivity contribution in [2.75, 3.05) is 6.54 Å². The van der Waals surface area contributed by atoms with Crippen LogP contribution in [0, 0.1) is 19.8 Å². The van der Waals surface area contributed by atoms with Gasteiger partial charge in [0.05, 0.1) is 11.0 Å². The van der Waals surface area contributed by atoms with Crippen molar-refractivity contribution in [1.82, 2.24) is 4.72 Å². The van der Waals surface area contributed by atoms with Gasteiger partial charge >= 0.3 is 0 Å². The number of sulfonamides is 1. The molecular formula is C13H21NO3S2. The highest BCUT2D eigenvalue weighted by atomic mass is 32.2. The van der Waals surface area contributed by atoms with Crippen LogP contribution in [0.25, 0.3) is 0 Å². The highest BCUT2D eigenvalue weighted by Crippen LogP contribution is 2.26. The van der Waals surface area contributed by atoms with E-state index in [4.69, 9.17) is 0 Å². The Morgan fingerprint density at radius 1 is 1.32 bits per heavy atom. The third kappa shape index (κ3) is 3.78. The maximum absolute atomic E-state index is 12.2. The van der Waals surface area contributed by atoms with Crippen LogP contribution in [-0.4, -0.2) is 26.2 Å². The Hall–Kier alpha value is -0.430. The summed E-state index contributed by atoms with van der Waals surface area (Å²) in [5, 5.41) is 9.43. The van der Waals surface area contributed by atoms with Gasteiger partial charge < -0.3 is 5.11 Å². The molecule has 4 nitrogen and oxygen atoms in total. The highest BCUT2D eigenvalue weighted by Gasteiger charge is 2.23. The molecule has 0 radical (unpaired) electrons. The maximum Gasteiger partial charge on any atom is 0.241 e. The van der Waals surface area contributed by atoms with Gasteiger partial charge in [-0.25, -0.2) is 13.1 Å². The van der Waals surface area contributed by atoms with Crippen molar-refractivity contribution in [3.8, 4) is 0 Å². The van der Waals surface area contributed by atoms with Crippen molar-refractivity contribution < 1.29 is 13.5 Å². The molecule has 0 amide bonds. The largest absolute Gasteiger partial charge is 0.393 e. The molecule has 0 spiro atoms. The summed E-state index contributed by atoms with van der Waals surface area (Å²) in [5.74, 6) is 0.346. The Kier molecular flexibility index (Phi) is 4.66. The summed E-state index contributed by atoms with van der Waals surface area (Å²) in [6.45, 7) is 4.23. The van der Waals surface area contributed by atoms with Crippen molar-refractivity contribution in [3.63, 3.8) is 0 Å². The number of rotatable bonds is 4. The van der Waals surface area contributed by atoms with Crippen LogP contribution in [0.15, 0.2) is 11.0 Å². The molecule has 1 fully saturated rings. The number of thiophene rings is 1. The van der Waals surface area contributed by atoms with Crippen LogP contribution in [0.3, 0.4) is 0 Å². The number of aryl methyl sites for hydroxylation is 2. The second-order valence-electron chi connectivity index (χ2n) is 5.30. The van der Waals surface area contributed by atoms with Crippen LogP contribution in [0.5, 0.6) is 0 Å². The van der Waals surface area contributed by atoms with Gasteiger partial charge in [0.25, 0.3) is 0 Å². The lowest BCUT2D eigenvalue weighted by molar-refractivity contribution is 0.109. The quantitative estimate of drug-likeness (QED) is 0.896. The van der Waals surface area contributed by atoms with Gasteiger partial charge in [-0.05, 0) is 51.5 Å². The van der Waals surface area contributed by atoms with Gasteiger partial charge in [0, 0.05) is 16.3 Å². The summed E-state index contributed by atoms with van der Waals surface area (Å²) in [7, 11) is -3.39. The van der Waals surface area contributed by atoms with E-state index in [1.54, 1.807) is 6.07 Å². The first-order valence-corrected chi connectivity index (χ1v) is 8.93. The topological polar surface area (TPSA) is 66.4 Å². The zero-order valence-electron chi connectivity index (χ0n) is 11.3. The van der Waals surface area contributed by atoms with Gasteiger partial charge in [-0.15, -0.1) is 11.3 Å². The molecule has 0 atom stereocenters. The maximum atomic E-state index is 12.2. The Morgan fingerprint density at radius 2 is 1.95 bits per heavy atom. The van der Waals surface area contributed by atoms with Crippen molar-refractivity contribution in [3.05, 3.63) is 15.8 Å². The second kappa shape index (κ2) is 5.91. The van der Waals surface area contributed by atoms with E-state index in [0.717, 1.165) is 35.4 Å². The van der Waals surface area contributed by atoms with Gasteiger partial charge in [0.15, 0.2) is 0 Å². The van der Waals surface area contributed by atoms with E-state index in [1.165, 1.54) is 11.3 Å². The summed E-state index contributed by atoms with van der Waals surface area (Å²) in [4.78, 5) is 2.26. The molecule has 1 aromatic heterocycles. The summed E-state index contributed by atoms with van der Waals surface area (Å²) in [6.07, 6.45) is 3.15. The molecule has 0 saturated heterocycles. The molecule has 1 aliphatic carbocycles. The summed E-state index contributed by atoms with van der Waals surface area (Å²) in [5.41, 5.74) is 0. The first-order valence-electron chi connectivity index (χ1n) is 6.63. The van der Waals surface area contributed by atoms with Crippen LogP contribution in [0.4, 0.5) is 0 Å². The summed E-state index contributed by atoms with van der Waals surface area (Å²) in [6, 6.07) is 1.73. The van der Waals surface area contributed by atoms with Crippen molar-refractivity contribution in [2.45, 2.75) is 50.5 Å². The lowest BCUT2D eigenvalue weighted by Crippen LogP contribution is -2.32. The molecular weight excluding hydrogens is 282 g/mol. The smallest absolute Gasteiger partial charge is 0.241 e. The average molecular weight is 303 g/mol. The van der Waals surface area contributed by atoms with E-state index in [1.807, 2.05) is 13.8 Å². The minimum atomic E-state index is -3.39. The van der Waals surface area contributed by atoms with Gasteiger partial charge in [-0.2, -0.15) is 0 Å². The van der Waals surface area contributed by atoms with Crippen LogP contribution >= 0.6 is 11.3 Å². The molecule has 1 aliphatic rings. The van der Waals surface area contributed by atoms with Gasteiger partial charge in [0.2, 0.25) is 10.0 Å². The third-order valence-corrected chi connectivity index (χ3v) is 6.31. The molecule has 0 aromatic carbocycles. The molecule has 108 valence electrons. The molecule has 19 heavy (non-hydrogen) atoms. The number of aliphatic hydroxyl groups excluding tert-OH is 1. The van der Waals surface area contributed by atoms with E-state index in [0.29, 0.717) is 17.4 Å². The molecule has 0 bridgehead atoms. The van der Waals surface area contributed by atoms with Crippen molar-refractivity contribution in [2.24, 2.45) is 5.92 Å². The van der Waals surface area contributed by atoms with Crippen LogP contribution < -0.4 is 4.72 Å². The summed E-state index contributed by atoms with van der Waals surface area (Å²) < 4.78 is 27.2. The fourth-order valence-electron chi connectivity index (χ4n) is 2.53. The molecule has 1 saturated carbocycles. The van der Waals surface area contributed by atoms with Gasteiger partial charge in [-0.3, -0.25) is 0 Å². The predicted molar refractivity (Wildman–Crippen MR) is 76.9 cm³/mol. The molecule has 1 aromatic rings. The van der Waals surface area contributed by atoms with Gasteiger partial charge in [0.1, 0.15) is 0 Å². The molecule has 0 aliphatic heterocycles. The van der Waals surface area contributed by atoms with Crippen LogP contribution in [-0.2, 0) is 10.0 Å². The standard InChI is InChI=1S/C13H21NO3S2/c1-9-7-13(10(2)18-9)19(16,17)14-8-11-3-5-12(15)6-4-11/h7,11-12,14-15H,3-6,8H2,1-2H3. The number of hydrogen-bond donors (Lipinski definition) is 2. The Labute approximate surface area is 118 Å². The lowest BCUT2D eigenvalue weighted by atomic mass is 9.88.